The maximum Gasteiger partial charge on any atom is 0.335 e. The van der Waals surface area contributed by atoms with Gasteiger partial charge in [-0.1, -0.05) is 23.2 Å². The minimum absolute atomic E-state index is 0.281. The minimum atomic E-state index is -0.699. The predicted octanol–water partition coefficient (Wildman–Crippen LogP) is 3.20. The summed E-state index contributed by atoms with van der Waals surface area (Å²) in [6.07, 6.45) is 0. The molecule has 5 amide bonds. The summed E-state index contributed by atoms with van der Waals surface area (Å²) >= 11 is 11.7. The molecule has 2 rings (SSSR count). The fourth-order valence-electron chi connectivity index (χ4n) is 2.00. The van der Waals surface area contributed by atoms with Crippen molar-refractivity contribution in [3.63, 3.8) is 0 Å². The number of urea groups is 2. The molecule has 1 saturated heterocycles. The van der Waals surface area contributed by atoms with Gasteiger partial charge >= 0.3 is 12.1 Å². The van der Waals surface area contributed by atoms with Crippen molar-refractivity contribution in [3.05, 3.63) is 28.2 Å². The molecule has 1 fully saturated rings. The lowest BCUT2D eigenvalue weighted by atomic mass is 10.3. The van der Waals surface area contributed by atoms with Gasteiger partial charge in [-0.3, -0.25) is 9.69 Å². The van der Waals surface area contributed by atoms with Crippen molar-refractivity contribution in [1.82, 2.24) is 9.80 Å². The molecular formula is C13H13Cl2N3O3. The SMILES string of the molecule is CC(C)N1C(=O)CN(C(=O)Nc2cc(Cl)cc(Cl)c2)C1=O. The highest BCUT2D eigenvalue weighted by atomic mass is 35.5. The second-order valence-corrected chi connectivity index (χ2v) is 5.69. The third-order valence-electron chi connectivity index (χ3n) is 2.87. The number of hydrogen-bond acceptors (Lipinski definition) is 3. The Bertz CT molecular complexity index is 598. The lowest BCUT2D eigenvalue weighted by molar-refractivity contribution is -0.126. The van der Waals surface area contributed by atoms with Crippen LogP contribution in [0.25, 0.3) is 0 Å². The molecule has 1 aromatic rings. The van der Waals surface area contributed by atoms with Crippen LogP contribution in [0.4, 0.5) is 15.3 Å². The van der Waals surface area contributed by atoms with Crippen LogP contribution >= 0.6 is 23.2 Å². The molecule has 0 spiro atoms. The lowest BCUT2D eigenvalue weighted by Crippen LogP contribution is -2.41. The zero-order valence-corrected chi connectivity index (χ0v) is 12.9. The predicted molar refractivity (Wildman–Crippen MR) is 79.6 cm³/mol. The van der Waals surface area contributed by atoms with Crippen molar-refractivity contribution >= 4 is 46.9 Å². The molecule has 0 saturated carbocycles. The number of anilines is 1. The first-order valence-electron chi connectivity index (χ1n) is 6.20. The van der Waals surface area contributed by atoms with Gasteiger partial charge in [0.15, 0.2) is 0 Å². The number of imide groups is 2. The highest BCUT2D eigenvalue weighted by molar-refractivity contribution is 6.35. The summed E-state index contributed by atoms with van der Waals surface area (Å²) in [5.41, 5.74) is 0.348. The van der Waals surface area contributed by atoms with Crippen LogP contribution in [0.15, 0.2) is 18.2 Å². The fraction of sp³-hybridized carbons (Fsp3) is 0.308. The average molecular weight is 330 g/mol. The summed E-state index contributed by atoms with van der Waals surface area (Å²) < 4.78 is 0. The van der Waals surface area contributed by atoms with Gasteiger partial charge in [0.2, 0.25) is 0 Å². The number of nitrogens with zero attached hydrogens (tertiary/aromatic N) is 2. The number of carbonyl (C=O) groups is 3. The Morgan fingerprint density at radius 3 is 2.24 bits per heavy atom. The Morgan fingerprint density at radius 1 is 1.19 bits per heavy atom. The second-order valence-electron chi connectivity index (χ2n) is 4.81. The van der Waals surface area contributed by atoms with Crippen LogP contribution < -0.4 is 5.32 Å². The van der Waals surface area contributed by atoms with Crippen molar-refractivity contribution in [3.8, 4) is 0 Å². The molecule has 21 heavy (non-hydrogen) atoms. The molecule has 0 aliphatic carbocycles. The van der Waals surface area contributed by atoms with Gasteiger partial charge in [-0.05, 0) is 32.0 Å². The molecule has 6 nitrogen and oxygen atoms in total. The van der Waals surface area contributed by atoms with Crippen LogP contribution in [-0.4, -0.2) is 40.4 Å². The van der Waals surface area contributed by atoms with Gasteiger partial charge < -0.3 is 5.32 Å². The summed E-state index contributed by atoms with van der Waals surface area (Å²) in [6, 6.07) is 2.87. The molecule has 1 aromatic carbocycles. The number of hydrogen-bond donors (Lipinski definition) is 1. The van der Waals surface area contributed by atoms with Crippen LogP contribution in [0, 0.1) is 0 Å². The molecule has 112 valence electrons. The van der Waals surface area contributed by atoms with Crippen molar-refractivity contribution in [2.75, 3.05) is 11.9 Å². The van der Waals surface area contributed by atoms with E-state index < -0.39 is 18.0 Å². The third-order valence-corrected chi connectivity index (χ3v) is 3.31. The van der Waals surface area contributed by atoms with Crippen LogP contribution in [0.1, 0.15) is 13.8 Å². The van der Waals surface area contributed by atoms with Crippen molar-refractivity contribution < 1.29 is 14.4 Å². The molecule has 0 bridgehead atoms. The average Bonchev–Trinajstić information content (AvgIpc) is 2.63. The van der Waals surface area contributed by atoms with Crippen LogP contribution in [0.5, 0.6) is 0 Å². The van der Waals surface area contributed by atoms with E-state index in [1.54, 1.807) is 13.8 Å². The fourth-order valence-corrected chi connectivity index (χ4v) is 2.53. The van der Waals surface area contributed by atoms with Gasteiger partial charge in [0.25, 0.3) is 5.91 Å². The normalized spacial score (nSPS) is 15.1. The largest absolute Gasteiger partial charge is 0.335 e. The van der Waals surface area contributed by atoms with Crippen LogP contribution in [0.3, 0.4) is 0 Å². The first-order chi connectivity index (χ1) is 9.79. The van der Waals surface area contributed by atoms with E-state index in [4.69, 9.17) is 23.2 Å². The van der Waals surface area contributed by atoms with Crippen LogP contribution in [0.2, 0.25) is 10.0 Å². The van der Waals surface area contributed by atoms with E-state index in [1.807, 2.05) is 0 Å². The molecule has 0 aromatic heterocycles. The maximum atomic E-state index is 12.1. The van der Waals surface area contributed by atoms with E-state index in [1.165, 1.54) is 18.2 Å². The molecule has 0 atom stereocenters. The highest BCUT2D eigenvalue weighted by Gasteiger charge is 2.41. The van der Waals surface area contributed by atoms with E-state index >= 15 is 0 Å². The first kappa shape index (κ1) is 15.6. The molecular weight excluding hydrogens is 317 g/mol. The van der Waals surface area contributed by atoms with Crippen molar-refractivity contribution in [1.29, 1.82) is 0 Å². The summed E-state index contributed by atoms with van der Waals surface area (Å²) in [5.74, 6) is -0.408. The molecule has 0 radical (unpaired) electrons. The lowest BCUT2D eigenvalue weighted by Gasteiger charge is -2.19. The van der Waals surface area contributed by atoms with Gasteiger partial charge in [-0.15, -0.1) is 0 Å². The molecule has 8 heteroatoms. The van der Waals surface area contributed by atoms with Gasteiger partial charge in [0.05, 0.1) is 0 Å². The molecule has 1 aliphatic rings. The number of amides is 5. The summed E-state index contributed by atoms with van der Waals surface area (Å²) in [4.78, 5) is 37.8. The Labute approximate surface area is 131 Å². The van der Waals surface area contributed by atoms with Crippen molar-refractivity contribution in [2.24, 2.45) is 0 Å². The monoisotopic (exact) mass is 329 g/mol. The standard InChI is InChI=1S/C13H13Cl2N3O3/c1-7(2)18-11(19)6-17(13(18)21)12(20)16-10-4-8(14)3-9(15)5-10/h3-5,7H,6H2,1-2H3,(H,16,20). The van der Waals surface area contributed by atoms with Crippen molar-refractivity contribution in [2.45, 2.75) is 19.9 Å². The quantitative estimate of drug-likeness (QED) is 0.847. The zero-order chi connectivity index (χ0) is 15.7. The number of nitrogens with one attached hydrogen (secondary N) is 1. The summed E-state index contributed by atoms with van der Waals surface area (Å²) in [6.45, 7) is 3.12. The Kier molecular flexibility index (Phi) is 4.39. The maximum absolute atomic E-state index is 12.1. The Hall–Kier alpha value is -1.79. The number of rotatable bonds is 2. The molecule has 1 aliphatic heterocycles. The van der Waals surface area contributed by atoms with E-state index in [-0.39, 0.29) is 12.6 Å². The topological polar surface area (TPSA) is 69.7 Å². The zero-order valence-electron chi connectivity index (χ0n) is 11.4. The molecule has 1 N–H and O–H groups in total. The summed E-state index contributed by atoms with van der Waals surface area (Å²) in [7, 11) is 0. The van der Waals surface area contributed by atoms with E-state index in [0.717, 1.165) is 9.80 Å². The van der Waals surface area contributed by atoms with Crippen LogP contribution in [-0.2, 0) is 4.79 Å². The number of halogens is 2. The first-order valence-corrected chi connectivity index (χ1v) is 6.96. The van der Waals surface area contributed by atoms with E-state index in [9.17, 15) is 14.4 Å². The third kappa shape index (κ3) is 3.28. The Morgan fingerprint density at radius 2 is 1.76 bits per heavy atom. The minimum Gasteiger partial charge on any atom is -0.307 e. The van der Waals surface area contributed by atoms with Gasteiger partial charge in [0.1, 0.15) is 6.54 Å². The van der Waals surface area contributed by atoms with Gasteiger partial charge in [0, 0.05) is 21.8 Å². The molecule has 0 unspecified atom stereocenters. The Balaban J connectivity index is 2.14. The highest BCUT2D eigenvalue weighted by Crippen LogP contribution is 2.23. The van der Waals surface area contributed by atoms with E-state index in [2.05, 4.69) is 5.32 Å². The smallest absolute Gasteiger partial charge is 0.307 e. The van der Waals surface area contributed by atoms with E-state index in [0.29, 0.717) is 15.7 Å². The number of carbonyl (C=O) groups excluding carboxylic acids is 3. The summed E-state index contributed by atoms with van der Waals surface area (Å²) in [5, 5.41) is 3.20. The molecule has 1 heterocycles. The van der Waals surface area contributed by atoms with Gasteiger partial charge in [-0.25, -0.2) is 14.5 Å². The van der Waals surface area contributed by atoms with Gasteiger partial charge in [-0.2, -0.15) is 0 Å². The second kappa shape index (κ2) is 5.91. The number of benzene rings is 1.